The lowest BCUT2D eigenvalue weighted by molar-refractivity contribution is -0.138. The molecule has 4 aromatic carbocycles. The highest BCUT2D eigenvalue weighted by Gasteiger charge is 2.38. The van der Waals surface area contributed by atoms with Gasteiger partial charge in [0, 0.05) is 62.3 Å². The molecule has 592 valence electrons. The molecule has 0 bridgehead atoms. The van der Waals surface area contributed by atoms with E-state index in [-0.39, 0.29) is 89.5 Å². The highest BCUT2D eigenvalue weighted by molar-refractivity contribution is 5.66. The first kappa shape index (κ1) is 85.5. The van der Waals surface area contributed by atoms with E-state index in [1.165, 1.54) is 53.0 Å². The summed E-state index contributed by atoms with van der Waals surface area (Å²) in [5.41, 5.74) is 9.67. The van der Waals surface area contributed by atoms with Crippen molar-refractivity contribution in [3.8, 4) is 24.3 Å². The normalized spacial score (nSPS) is 18.0. The van der Waals surface area contributed by atoms with E-state index in [2.05, 4.69) is 190 Å². The second-order valence-electron chi connectivity index (χ2n) is 30.3. The Morgan fingerprint density at radius 2 is 0.956 bits per heavy atom. The van der Waals surface area contributed by atoms with Crippen molar-refractivity contribution in [1.82, 2.24) is 44.9 Å². The van der Waals surface area contributed by atoms with Crippen LogP contribution in [0.1, 0.15) is 176 Å². The molecule has 3 saturated carbocycles. The predicted molar refractivity (Wildman–Crippen MR) is 428 cm³/mol. The molecule has 3 fully saturated rings. The number of nitriles is 4. The quantitative estimate of drug-likeness (QED) is 0.0250. The van der Waals surface area contributed by atoms with Crippen molar-refractivity contribution in [2.75, 3.05) is 56.9 Å². The van der Waals surface area contributed by atoms with Crippen molar-refractivity contribution in [1.29, 1.82) is 21.0 Å². The number of aryl methyl sites for hydroxylation is 5. The second-order valence-corrected chi connectivity index (χ2v) is 30.3. The van der Waals surface area contributed by atoms with E-state index in [1.54, 1.807) is 36.7 Å². The molecule has 0 saturated heterocycles. The Morgan fingerprint density at radius 3 is 1.42 bits per heavy atom. The average molecular weight is 1540 g/mol. The summed E-state index contributed by atoms with van der Waals surface area (Å²) in [5, 5.41) is 99.7. The minimum atomic E-state index is -4.47. The van der Waals surface area contributed by atoms with Gasteiger partial charge in [-0.1, -0.05) is 106 Å². The molecule has 0 radical (unpaired) electrons. The number of benzene rings is 4. The monoisotopic (exact) mass is 1540 g/mol. The third-order valence-corrected chi connectivity index (χ3v) is 20.6. The van der Waals surface area contributed by atoms with Gasteiger partial charge in [-0.2, -0.15) is 49.2 Å². The second kappa shape index (κ2) is 40.6. The van der Waals surface area contributed by atoms with Gasteiger partial charge >= 0.3 is 6.18 Å². The summed E-state index contributed by atoms with van der Waals surface area (Å²) < 4.78 is 52.7. The number of anilines is 8. The SMILES string of the molecule is Cc1c(CO)cccc1Nc1nc(CCc2cnccc2C(F)(F)F)ncc1C#N.Cc1cc(F)ccc1CCNc1ncc(C#N)c(N[C@@H]2CC[C@H](O)C(C)(C)C2)n1.Cc1cccc(CCNc2ncc(C#N)c(NC3CCC(O)CC3)n2)c1.Cc1cccc(CCNc2ncc(C#N)c(N[C@@H]3CC[C@H](O)C(C)(C)C3)n2)c1. The van der Waals surface area contributed by atoms with E-state index in [0.717, 1.165) is 125 Å². The lowest BCUT2D eigenvalue weighted by Crippen LogP contribution is -2.41. The largest absolute Gasteiger partial charge is 0.416 e. The van der Waals surface area contributed by atoms with Crippen molar-refractivity contribution in [3.63, 3.8) is 0 Å². The molecular weight excluding hydrogens is 1440 g/mol. The Hall–Kier alpha value is -11.5. The minimum absolute atomic E-state index is 0.0487. The summed E-state index contributed by atoms with van der Waals surface area (Å²) >= 11 is 0. The summed E-state index contributed by atoms with van der Waals surface area (Å²) in [6, 6.07) is 36.9. The molecule has 4 atom stereocenters. The Bertz CT molecular complexity index is 4840. The Balaban J connectivity index is 0.000000173. The standard InChI is InChI=1S/C22H28FN5O.C22H29N5O.C21H18F3N5O.C20H25N5O/c1-14-10-17(23)5-4-15(14)8-9-25-21-26-13-16(12-24)20(28-21)27-18-6-7-19(29)22(2,3)11-18;1-15-5-4-6-16(11-15)9-10-24-21-25-14-17(13-23)20(27-21)26-18-7-8-19(28)22(2,3)12-18;1-13-15(12-30)3-2-4-18(13)28-20-16(9-25)11-27-19(29-20)6-5-14-10-26-8-7-17(14)21(22,23)24;1-14-3-2-4-15(11-14)9-10-22-20-23-13-16(12-21)19(25-20)24-17-5-7-18(26)8-6-17/h4-5,10,13,18-19,29H,6-9,11H2,1-3H3,(H2,25,26,27,28);4-6,11,14,18-19,28H,7-10,12H2,1-3H3,(H2,24,25,26,27);2-4,7-8,10-11,30H,5-6,12H2,1H3,(H,27,28,29);2-4,11,13,17-18,26H,5-10H2,1H3,(H2,22,23,24,25)/t2*18-,19+;;/m11../s1. The maximum absolute atomic E-state index is 13.2. The van der Waals surface area contributed by atoms with Gasteiger partial charge in [0.05, 0.1) is 55.3 Å². The van der Waals surface area contributed by atoms with E-state index in [9.17, 15) is 59.0 Å². The van der Waals surface area contributed by atoms with Crippen LogP contribution in [-0.4, -0.2) is 121 Å². The summed E-state index contributed by atoms with van der Waals surface area (Å²) in [7, 11) is 0. The van der Waals surface area contributed by atoms with Crippen LogP contribution in [0.5, 0.6) is 0 Å². The van der Waals surface area contributed by atoms with Crippen molar-refractivity contribution >= 4 is 46.8 Å². The van der Waals surface area contributed by atoms with Gasteiger partial charge in [0.1, 0.15) is 75.6 Å². The zero-order valence-corrected chi connectivity index (χ0v) is 65.1. The topological polar surface area (TPSA) is 376 Å². The lowest BCUT2D eigenvalue weighted by Gasteiger charge is -2.40. The molecule has 3 aliphatic carbocycles. The summed E-state index contributed by atoms with van der Waals surface area (Å²) in [4.78, 5) is 38.5. The average Bonchev–Trinajstić information content (AvgIpc) is 0.817. The molecule has 0 amide bonds. The van der Waals surface area contributed by atoms with Crippen LogP contribution in [-0.2, 0) is 44.9 Å². The molecule has 24 nitrogen and oxygen atoms in total. The van der Waals surface area contributed by atoms with E-state index in [1.807, 2.05) is 19.9 Å². The first-order valence-corrected chi connectivity index (χ1v) is 38.1. The van der Waals surface area contributed by atoms with E-state index < -0.39 is 11.7 Å². The number of pyridine rings is 1. The van der Waals surface area contributed by atoms with E-state index >= 15 is 0 Å². The maximum Gasteiger partial charge on any atom is 0.416 e. The number of aromatic nitrogens is 9. The Kier molecular flexibility index (Phi) is 30.7. The van der Waals surface area contributed by atoms with Crippen molar-refractivity contribution in [2.24, 2.45) is 10.8 Å². The molecule has 3 aliphatic rings. The molecule has 113 heavy (non-hydrogen) atoms. The summed E-state index contributed by atoms with van der Waals surface area (Å²) in [6.45, 7) is 18.1. The van der Waals surface area contributed by atoms with Crippen LogP contribution < -0.4 is 37.2 Å². The summed E-state index contributed by atoms with van der Waals surface area (Å²) in [5.74, 6) is 3.45. The number of hydrogen-bond acceptors (Lipinski definition) is 24. The first-order chi connectivity index (χ1) is 54.1. The van der Waals surface area contributed by atoms with Gasteiger partial charge in [-0.05, 0) is 192 Å². The molecule has 0 aliphatic heterocycles. The fourth-order valence-corrected chi connectivity index (χ4v) is 13.9. The van der Waals surface area contributed by atoms with Gasteiger partial charge in [0.2, 0.25) is 17.8 Å². The van der Waals surface area contributed by atoms with Crippen LogP contribution in [0.15, 0.2) is 128 Å². The maximum atomic E-state index is 13.2. The molecule has 0 spiro atoms. The van der Waals surface area contributed by atoms with E-state index in [0.29, 0.717) is 76.5 Å². The predicted octanol–water partition coefficient (Wildman–Crippen LogP) is 14.6. The van der Waals surface area contributed by atoms with E-state index in [4.69, 9.17) is 0 Å². The minimum Gasteiger partial charge on any atom is -0.393 e. The van der Waals surface area contributed by atoms with Crippen molar-refractivity contribution in [3.05, 3.63) is 218 Å². The number of rotatable bonds is 24. The smallest absolute Gasteiger partial charge is 0.393 e. The molecule has 9 aromatic rings. The van der Waals surface area contributed by atoms with Gasteiger partial charge < -0.3 is 57.6 Å². The van der Waals surface area contributed by atoms with Crippen LogP contribution in [0.4, 0.5) is 64.4 Å². The van der Waals surface area contributed by atoms with Gasteiger partial charge in [0.15, 0.2) is 5.82 Å². The van der Waals surface area contributed by atoms with Gasteiger partial charge in [-0.3, -0.25) is 4.98 Å². The number of aliphatic hydroxyl groups is 4. The highest BCUT2D eigenvalue weighted by atomic mass is 19.4. The molecule has 0 unspecified atom stereocenters. The third-order valence-electron chi connectivity index (χ3n) is 20.6. The zero-order valence-electron chi connectivity index (χ0n) is 65.1. The zero-order chi connectivity index (χ0) is 81.2. The molecular formula is C85H100F4N20O4. The lowest BCUT2D eigenvalue weighted by atomic mass is 9.73. The van der Waals surface area contributed by atoms with Crippen LogP contribution in [0.25, 0.3) is 0 Å². The van der Waals surface area contributed by atoms with Crippen LogP contribution in [0.3, 0.4) is 0 Å². The van der Waals surface area contributed by atoms with Crippen LogP contribution >= 0.6 is 0 Å². The fourth-order valence-electron chi connectivity index (χ4n) is 13.9. The Morgan fingerprint density at radius 1 is 0.487 bits per heavy atom. The fraction of sp³-hybridized carbons (Fsp3) is 0.424. The number of alkyl halides is 3. The number of aliphatic hydroxyl groups excluding tert-OH is 4. The van der Waals surface area contributed by atoms with Gasteiger partial charge in [-0.15, -0.1) is 0 Å². The molecule has 5 aromatic heterocycles. The van der Waals surface area contributed by atoms with Crippen molar-refractivity contribution < 1.29 is 38.0 Å². The number of nitrogens with zero attached hydrogens (tertiary/aromatic N) is 13. The number of nitrogens with one attached hydrogen (secondary N) is 7. The molecule has 28 heteroatoms. The van der Waals surface area contributed by atoms with Gasteiger partial charge in [0.25, 0.3) is 0 Å². The van der Waals surface area contributed by atoms with Crippen LogP contribution in [0.2, 0.25) is 0 Å². The highest BCUT2D eigenvalue weighted by Crippen LogP contribution is 2.39. The first-order valence-electron chi connectivity index (χ1n) is 38.1. The number of hydrogen-bond donors (Lipinski definition) is 11. The number of halogens is 4. The molecule has 12 rings (SSSR count). The molecule has 5 heterocycles. The Labute approximate surface area is 658 Å². The molecule has 11 N–H and O–H groups in total. The van der Waals surface area contributed by atoms with Crippen molar-refractivity contribution in [2.45, 2.75) is 201 Å². The summed E-state index contributed by atoms with van der Waals surface area (Å²) in [6.07, 6.45) is 13.8. The van der Waals surface area contributed by atoms with Crippen LogP contribution in [0, 0.1) is 89.7 Å². The van der Waals surface area contributed by atoms with Gasteiger partial charge in [-0.25, -0.2) is 29.3 Å². The third kappa shape index (κ3) is 25.5.